The summed E-state index contributed by atoms with van der Waals surface area (Å²) in [5.74, 6) is 0. The van der Waals surface area contributed by atoms with Crippen LogP contribution in [0.4, 0.5) is 0 Å². The van der Waals surface area contributed by atoms with Crippen LogP contribution in [0.15, 0.2) is 16.9 Å². The predicted molar refractivity (Wildman–Crippen MR) is 47.3 cm³/mol. The predicted octanol–water partition coefficient (Wildman–Crippen LogP) is 1.01. The molecule has 74 valence electrons. The van der Waals surface area contributed by atoms with Gasteiger partial charge < -0.3 is 14.4 Å². The van der Waals surface area contributed by atoms with Crippen LogP contribution in [-0.2, 0) is 11.2 Å². The van der Waals surface area contributed by atoms with Crippen molar-refractivity contribution in [3.63, 3.8) is 0 Å². The Bertz CT molecular complexity index is 199. The van der Waals surface area contributed by atoms with Gasteiger partial charge in [-0.05, 0) is 19.3 Å². The van der Waals surface area contributed by atoms with Crippen molar-refractivity contribution in [2.45, 2.75) is 19.3 Å². The number of hydrogen-bond acceptors (Lipinski definition) is 4. The van der Waals surface area contributed by atoms with E-state index in [2.05, 4.69) is 9.68 Å². The number of aromatic nitrogens is 1. The number of hydrogen-bond donors (Lipinski definition) is 1. The Labute approximate surface area is 77.5 Å². The average molecular weight is 185 g/mol. The van der Waals surface area contributed by atoms with Crippen LogP contribution in [0.3, 0.4) is 0 Å². The Hall–Kier alpha value is -0.870. The Kier molecular flexibility index (Phi) is 5.20. The number of rotatable bonds is 7. The number of aliphatic hydroxyl groups is 1. The van der Waals surface area contributed by atoms with Crippen molar-refractivity contribution in [3.05, 3.63) is 18.0 Å². The lowest BCUT2D eigenvalue weighted by atomic mass is 10.2. The summed E-state index contributed by atoms with van der Waals surface area (Å²) < 4.78 is 9.94. The van der Waals surface area contributed by atoms with Gasteiger partial charge in [0.2, 0.25) is 0 Å². The highest BCUT2D eigenvalue weighted by Crippen LogP contribution is 1.99. The van der Waals surface area contributed by atoms with Crippen molar-refractivity contribution in [2.24, 2.45) is 0 Å². The van der Waals surface area contributed by atoms with E-state index in [1.165, 1.54) is 0 Å². The highest BCUT2D eigenvalue weighted by molar-refractivity contribution is 4.94. The Balaban J connectivity index is 1.90. The second-order valence-corrected chi connectivity index (χ2v) is 2.78. The molecule has 1 heterocycles. The molecule has 1 N–H and O–H groups in total. The van der Waals surface area contributed by atoms with E-state index in [1.807, 2.05) is 6.07 Å². The van der Waals surface area contributed by atoms with Gasteiger partial charge in [0.15, 0.2) is 0 Å². The van der Waals surface area contributed by atoms with Crippen LogP contribution >= 0.6 is 0 Å². The van der Waals surface area contributed by atoms with Crippen LogP contribution in [0.25, 0.3) is 0 Å². The van der Waals surface area contributed by atoms with Crippen molar-refractivity contribution in [2.75, 3.05) is 19.8 Å². The van der Waals surface area contributed by atoms with Crippen molar-refractivity contribution >= 4 is 0 Å². The van der Waals surface area contributed by atoms with Gasteiger partial charge in [0, 0.05) is 25.9 Å². The fourth-order valence-corrected chi connectivity index (χ4v) is 0.991. The molecule has 13 heavy (non-hydrogen) atoms. The molecule has 4 nitrogen and oxygen atoms in total. The zero-order valence-corrected chi connectivity index (χ0v) is 7.61. The minimum Gasteiger partial charge on any atom is -0.396 e. The summed E-state index contributed by atoms with van der Waals surface area (Å²) in [5, 5.41) is 12.3. The molecule has 1 rings (SSSR count). The third-order valence-corrected chi connectivity index (χ3v) is 1.66. The maximum Gasteiger partial charge on any atom is 0.124 e. The summed E-state index contributed by atoms with van der Waals surface area (Å²) in [5.41, 5.74) is 0.964. The quantitative estimate of drug-likeness (QED) is 0.644. The topological polar surface area (TPSA) is 55.5 Å². The maximum atomic E-state index is 8.47. The molecule has 0 radical (unpaired) electrons. The third-order valence-electron chi connectivity index (χ3n) is 1.66. The standard InChI is InChI=1S/C9H15NO3/c11-5-2-7-12-6-1-3-9-4-8-13-10-9/h4,8,11H,1-3,5-7H2. The van der Waals surface area contributed by atoms with Crippen molar-refractivity contribution in [1.82, 2.24) is 5.16 Å². The van der Waals surface area contributed by atoms with Gasteiger partial charge in [-0.15, -0.1) is 0 Å². The molecule has 1 aromatic heterocycles. The Morgan fingerprint density at radius 1 is 1.38 bits per heavy atom. The maximum absolute atomic E-state index is 8.47. The molecule has 0 spiro atoms. The molecule has 0 bridgehead atoms. The minimum absolute atomic E-state index is 0.198. The van der Waals surface area contributed by atoms with Crippen LogP contribution in [0.2, 0.25) is 0 Å². The van der Waals surface area contributed by atoms with E-state index < -0.39 is 0 Å². The molecule has 0 saturated heterocycles. The summed E-state index contributed by atoms with van der Waals surface area (Å²) in [7, 11) is 0. The molecule has 0 aromatic carbocycles. The molecule has 0 saturated carbocycles. The van der Waals surface area contributed by atoms with E-state index in [0.717, 1.165) is 18.5 Å². The molecular formula is C9H15NO3. The second kappa shape index (κ2) is 6.62. The van der Waals surface area contributed by atoms with Gasteiger partial charge in [-0.3, -0.25) is 0 Å². The largest absolute Gasteiger partial charge is 0.396 e. The van der Waals surface area contributed by atoms with Crippen LogP contribution < -0.4 is 0 Å². The lowest BCUT2D eigenvalue weighted by molar-refractivity contribution is 0.114. The minimum atomic E-state index is 0.198. The van der Waals surface area contributed by atoms with Crippen molar-refractivity contribution in [3.8, 4) is 0 Å². The van der Waals surface area contributed by atoms with Gasteiger partial charge >= 0.3 is 0 Å². The van der Waals surface area contributed by atoms with E-state index in [0.29, 0.717) is 19.6 Å². The average Bonchev–Trinajstić information content (AvgIpc) is 2.63. The van der Waals surface area contributed by atoms with Gasteiger partial charge in [-0.25, -0.2) is 0 Å². The lowest BCUT2D eigenvalue weighted by Gasteiger charge is -2.00. The first kappa shape index (κ1) is 10.2. The normalized spacial score (nSPS) is 10.5. The molecular weight excluding hydrogens is 170 g/mol. The fraction of sp³-hybridized carbons (Fsp3) is 0.667. The van der Waals surface area contributed by atoms with E-state index in [4.69, 9.17) is 9.84 Å². The number of aliphatic hydroxyl groups excluding tert-OH is 1. The first-order valence-corrected chi connectivity index (χ1v) is 4.51. The first-order chi connectivity index (χ1) is 6.43. The zero-order valence-electron chi connectivity index (χ0n) is 7.61. The third kappa shape index (κ3) is 4.65. The highest BCUT2D eigenvalue weighted by atomic mass is 16.5. The van der Waals surface area contributed by atoms with Crippen LogP contribution in [0.5, 0.6) is 0 Å². The second-order valence-electron chi connectivity index (χ2n) is 2.78. The summed E-state index contributed by atoms with van der Waals surface area (Å²) >= 11 is 0. The molecule has 0 fully saturated rings. The molecule has 0 atom stereocenters. The summed E-state index contributed by atoms with van der Waals surface area (Å²) in [6.45, 7) is 1.55. The van der Waals surface area contributed by atoms with Crippen LogP contribution in [0.1, 0.15) is 18.5 Å². The Morgan fingerprint density at radius 2 is 2.23 bits per heavy atom. The summed E-state index contributed by atoms with van der Waals surface area (Å²) in [6.07, 6.45) is 4.11. The molecule has 0 aliphatic heterocycles. The van der Waals surface area contributed by atoms with Gasteiger partial charge in [0.1, 0.15) is 6.26 Å². The Morgan fingerprint density at radius 3 is 2.92 bits per heavy atom. The van der Waals surface area contributed by atoms with Gasteiger partial charge in [-0.2, -0.15) is 0 Å². The van der Waals surface area contributed by atoms with Crippen LogP contribution in [-0.4, -0.2) is 30.1 Å². The number of nitrogens with zero attached hydrogens (tertiary/aromatic N) is 1. The monoisotopic (exact) mass is 185 g/mol. The summed E-state index contributed by atoms with van der Waals surface area (Å²) in [6, 6.07) is 1.85. The van der Waals surface area contributed by atoms with E-state index in [1.54, 1.807) is 6.26 Å². The molecule has 0 unspecified atom stereocenters. The molecule has 0 amide bonds. The SMILES string of the molecule is OCCCOCCCc1ccon1. The smallest absolute Gasteiger partial charge is 0.124 e. The summed E-state index contributed by atoms with van der Waals surface area (Å²) in [4.78, 5) is 0. The molecule has 0 aliphatic rings. The first-order valence-electron chi connectivity index (χ1n) is 4.51. The van der Waals surface area contributed by atoms with Gasteiger partial charge in [-0.1, -0.05) is 5.16 Å². The molecule has 0 aliphatic carbocycles. The van der Waals surface area contributed by atoms with Crippen molar-refractivity contribution in [1.29, 1.82) is 0 Å². The van der Waals surface area contributed by atoms with E-state index >= 15 is 0 Å². The van der Waals surface area contributed by atoms with E-state index in [9.17, 15) is 0 Å². The molecule has 4 heteroatoms. The lowest BCUT2D eigenvalue weighted by Crippen LogP contribution is -2.00. The van der Waals surface area contributed by atoms with Gasteiger partial charge in [0.05, 0.1) is 5.69 Å². The van der Waals surface area contributed by atoms with Crippen LogP contribution in [0, 0.1) is 0 Å². The van der Waals surface area contributed by atoms with E-state index in [-0.39, 0.29) is 6.61 Å². The van der Waals surface area contributed by atoms with Gasteiger partial charge in [0.25, 0.3) is 0 Å². The number of ether oxygens (including phenoxy) is 1. The highest BCUT2D eigenvalue weighted by Gasteiger charge is 1.95. The zero-order chi connectivity index (χ0) is 9.36. The number of aryl methyl sites for hydroxylation is 1. The molecule has 1 aromatic rings. The fourth-order valence-electron chi connectivity index (χ4n) is 0.991. The van der Waals surface area contributed by atoms with Crippen molar-refractivity contribution < 1.29 is 14.4 Å².